The Morgan fingerprint density at radius 1 is 1.41 bits per heavy atom. The zero-order valence-electron chi connectivity index (χ0n) is 9.88. The summed E-state index contributed by atoms with van der Waals surface area (Å²) in [5, 5.41) is 3.86. The molecule has 0 amide bonds. The van der Waals surface area contributed by atoms with Gasteiger partial charge in [-0.2, -0.15) is 0 Å². The molecule has 0 aromatic heterocycles. The number of halogens is 2. The fraction of sp³-hybridized carbons (Fsp3) is 0.538. The molecule has 1 aliphatic rings. The molecule has 1 aliphatic carbocycles. The predicted molar refractivity (Wildman–Crippen MR) is 66.7 cm³/mol. The lowest BCUT2D eigenvalue weighted by atomic mass is 10.2. The predicted octanol–water partition coefficient (Wildman–Crippen LogP) is 3.14. The Labute approximate surface area is 106 Å². The van der Waals surface area contributed by atoms with Crippen LogP contribution in [0, 0.1) is 5.82 Å². The summed E-state index contributed by atoms with van der Waals surface area (Å²) in [6.45, 7) is 0.651. The first-order valence-electron chi connectivity index (χ1n) is 5.88. The number of hydrogen-bond donors (Lipinski definition) is 1. The summed E-state index contributed by atoms with van der Waals surface area (Å²) in [6, 6.07) is 5.09. The highest BCUT2D eigenvalue weighted by atomic mass is 35.5. The normalized spacial score (nSPS) is 24.2. The Morgan fingerprint density at radius 2 is 2.24 bits per heavy atom. The molecular formula is C13H17ClFNO. The third-order valence-corrected chi connectivity index (χ3v) is 3.45. The standard InChI is InChI=1S/C13H17ClFNO/c1-17-13-3-2-12(7-13)16-8-9-4-10(14)6-11(15)5-9/h4-6,12-13,16H,2-3,7-8H2,1H3. The SMILES string of the molecule is COC1CCC(NCc2cc(F)cc(Cl)c2)C1. The fourth-order valence-corrected chi connectivity index (χ4v) is 2.56. The van der Waals surface area contributed by atoms with Crippen molar-refractivity contribution >= 4 is 11.6 Å². The van der Waals surface area contributed by atoms with Crippen LogP contribution < -0.4 is 5.32 Å². The Balaban J connectivity index is 1.85. The van der Waals surface area contributed by atoms with Crippen LogP contribution in [-0.4, -0.2) is 19.3 Å². The zero-order chi connectivity index (χ0) is 12.3. The van der Waals surface area contributed by atoms with Crippen LogP contribution >= 0.6 is 11.6 Å². The molecule has 17 heavy (non-hydrogen) atoms. The number of hydrogen-bond acceptors (Lipinski definition) is 2. The van der Waals surface area contributed by atoms with Crippen molar-refractivity contribution in [2.24, 2.45) is 0 Å². The number of ether oxygens (including phenoxy) is 1. The highest BCUT2D eigenvalue weighted by Gasteiger charge is 2.23. The van der Waals surface area contributed by atoms with Crippen molar-refractivity contribution in [1.82, 2.24) is 5.32 Å². The number of nitrogens with one attached hydrogen (secondary N) is 1. The fourth-order valence-electron chi connectivity index (χ4n) is 2.31. The molecular weight excluding hydrogens is 241 g/mol. The maximum Gasteiger partial charge on any atom is 0.125 e. The topological polar surface area (TPSA) is 21.3 Å². The van der Waals surface area contributed by atoms with E-state index in [9.17, 15) is 4.39 Å². The summed E-state index contributed by atoms with van der Waals surface area (Å²) in [6.07, 6.45) is 3.60. The van der Waals surface area contributed by atoms with E-state index in [1.807, 2.05) is 0 Å². The van der Waals surface area contributed by atoms with Gasteiger partial charge >= 0.3 is 0 Å². The molecule has 1 saturated carbocycles. The summed E-state index contributed by atoms with van der Waals surface area (Å²) < 4.78 is 18.4. The van der Waals surface area contributed by atoms with E-state index in [1.54, 1.807) is 13.2 Å². The Bertz CT molecular complexity index is 365. The van der Waals surface area contributed by atoms with E-state index in [1.165, 1.54) is 12.1 Å². The number of rotatable bonds is 4. The molecule has 1 fully saturated rings. The smallest absolute Gasteiger partial charge is 0.125 e. The largest absolute Gasteiger partial charge is 0.381 e. The first-order valence-corrected chi connectivity index (χ1v) is 6.26. The van der Waals surface area contributed by atoms with Crippen molar-refractivity contribution in [2.45, 2.75) is 38.0 Å². The van der Waals surface area contributed by atoms with Gasteiger partial charge in [0.05, 0.1) is 6.10 Å². The van der Waals surface area contributed by atoms with Crippen molar-refractivity contribution < 1.29 is 9.13 Å². The van der Waals surface area contributed by atoms with Gasteiger partial charge in [-0.15, -0.1) is 0 Å². The second-order valence-corrected chi connectivity index (χ2v) is 4.96. The van der Waals surface area contributed by atoms with Gasteiger partial charge in [0, 0.05) is 24.7 Å². The summed E-state index contributed by atoms with van der Waals surface area (Å²) >= 11 is 5.80. The average molecular weight is 258 g/mol. The summed E-state index contributed by atoms with van der Waals surface area (Å²) in [5.74, 6) is -0.282. The molecule has 2 atom stereocenters. The lowest BCUT2D eigenvalue weighted by Crippen LogP contribution is -2.26. The maximum atomic E-state index is 13.1. The van der Waals surface area contributed by atoms with E-state index in [0.29, 0.717) is 23.7 Å². The van der Waals surface area contributed by atoms with Crippen molar-refractivity contribution in [3.63, 3.8) is 0 Å². The zero-order valence-corrected chi connectivity index (χ0v) is 10.6. The van der Waals surface area contributed by atoms with Gasteiger partial charge in [0.1, 0.15) is 5.82 Å². The highest BCUT2D eigenvalue weighted by Crippen LogP contribution is 2.22. The van der Waals surface area contributed by atoms with Crippen LogP contribution in [0.4, 0.5) is 4.39 Å². The van der Waals surface area contributed by atoms with Gasteiger partial charge in [-0.25, -0.2) is 4.39 Å². The van der Waals surface area contributed by atoms with Gasteiger partial charge in [-0.1, -0.05) is 11.6 Å². The monoisotopic (exact) mass is 257 g/mol. The van der Waals surface area contributed by atoms with Crippen LogP contribution in [0.5, 0.6) is 0 Å². The second kappa shape index (κ2) is 5.80. The first-order chi connectivity index (χ1) is 8.17. The Morgan fingerprint density at radius 3 is 2.88 bits per heavy atom. The van der Waals surface area contributed by atoms with E-state index >= 15 is 0 Å². The summed E-state index contributed by atoms with van der Waals surface area (Å²) in [7, 11) is 1.75. The van der Waals surface area contributed by atoms with Crippen LogP contribution in [0.25, 0.3) is 0 Å². The molecule has 2 rings (SSSR count). The molecule has 0 heterocycles. The van der Waals surface area contributed by atoms with Crippen LogP contribution in [0.15, 0.2) is 18.2 Å². The van der Waals surface area contributed by atoms with Crippen molar-refractivity contribution in [3.8, 4) is 0 Å². The van der Waals surface area contributed by atoms with Gasteiger partial charge in [0.2, 0.25) is 0 Å². The van der Waals surface area contributed by atoms with E-state index in [2.05, 4.69) is 5.32 Å². The summed E-state index contributed by atoms with van der Waals surface area (Å²) in [4.78, 5) is 0. The average Bonchev–Trinajstić information content (AvgIpc) is 2.73. The molecule has 0 spiro atoms. The van der Waals surface area contributed by atoms with Gasteiger partial charge in [-0.3, -0.25) is 0 Å². The minimum Gasteiger partial charge on any atom is -0.381 e. The molecule has 0 saturated heterocycles. The Hall–Kier alpha value is -0.640. The second-order valence-electron chi connectivity index (χ2n) is 4.53. The maximum absolute atomic E-state index is 13.1. The third-order valence-electron chi connectivity index (χ3n) is 3.24. The van der Waals surface area contributed by atoms with E-state index < -0.39 is 0 Å². The Kier molecular flexibility index (Phi) is 4.37. The molecule has 4 heteroatoms. The minimum atomic E-state index is -0.282. The first kappa shape index (κ1) is 12.8. The van der Waals surface area contributed by atoms with E-state index in [4.69, 9.17) is 16.3 Å². The molecule has 2 nitrogen and oxygen atoms in total. The van der Waals surface area contributed by atoms with Crippen molar-refractivity contribution in [2.75, 3.05) is 7.11 Å². The molecule has 0 radical (unpaired) electrons. The molecule has 0 bridgehead atoms. The molecule has 2 unspecified atom stereocenters. The van der Waals surface area contributed by atoms with Crippen molar-refractivity contribution in [1.29, 1.82) is 0 Å². The van der Waals surface area contributed by atoms with Crippen LogP contribution in [0.3, 0.4) is 0 Å². The number of methoxy groups -OCH3 is 1. The van der Waals surface area contributed by atoms with Gasteiger partial charge in [0.25, 0.3) is 0 Å². The van der Waals surface area contributed by atoms with Crippen LogP contribution in [0.1, 0.15) is 24.8 Å². The third kappa shape index (κ3) is 3.66. The van der Waals surface area contributed by atoms with Crippen molar-refractivity contribution in [3.05, 3.63) is 34.6 Å². The molecule has 0 aliphatic heterocycles. The lowest BCUT2D eigenvalue weighted by molar-refractivity contribution is 0.107. The quantitative estimate of drug-likeness (QED) is 0.895. The van der Waals surface area contributed by atoms with E-state index in [-0.39, 0.29) is 5.82 Å². The molecule has 1 aromatic carbocycles. The minimum absolute atomic E-state index is 0.282. The lowest BCUT2D eigenvalue weighted by Gasteiger charge is -2.13. The highest BCUT2D eigenvalue weighted by molar-refractivity contribution is 6.30. The van der Waals surface area contributed by atoms with Crippen LogP contribution in [-0.2, 0) is 11.3 Å². The number of benzene rings is 1. The molecule has 94 valence electrons. The van der Waals surface area contributed by atoms with Gasteiger partial charge in [0.15, 0.2) is 0 Å². The van der Waals surface area contributed by atoms with Gasteiger partial charge < -0.3 is 10.1 Å². The summed E-state index contributed by atoms with van der Waals surface area (Å²) in [5.41, 5.74) is 0.885. The molecule has 1 aromatic rings. The van der Waals surface area contributed by atoms with Gasteiger partial charge in [-0.05, 0) is 43.0 Å². The van der Waals surface area contributed by atoms with E-state index in [0.717, 1.165) is 24.8 Å². The molecule has 1 N–H and O–H groups in total. The van der Waals surface area contributed by atoms with Crippen LogP contribution in [0.2, 0.25) is 5.02 Å².